The molecule has 3 nitrogen and oxygen atoms in total. The molecule has 0 aromatic carbocycles. The predicted molar refractivity (Wildman–Crippen MR) is 30.1 cm³/mol. The minimum Gasteiger partial charge on any atom is -0.411 e. The summed E-state index contributed by atoms with van der Waals surface area (Å²) in [5.74, 6) is -0.264. The van der Waals surface area contributed by atoms with E-state index < -0.39 is 0 Å². The van der Waals surface area contributed by atoms with Gasteiger partial charge in [-0.1, -0.05) is 12.1 Å². The SMILES string of the molecule is CC(=NO)C(C)C=O. The van der Waals surface area contributed by atoms with Crippen molar-refractivity contribution in [2.75, 3.05) is 0 Å². The molecule has 1 N–H and O–H groups in total. The maximum Gasteiger partial charge on any atom is 0.128 e. The lowest BCUT2D eigenvalue weighted by Gasteiger charge is -1.95. The summed E-state index contributed by atoms with van der Waals surface area (Å²) in [4.78, 5) is 9.91. The molecule has 0 bridgehead atoms. The molecule has 8 heavy (non-hydrogen) atoms. The van der Waals surface area contributed by atoms with Crippen molar-refractivity contribution in [3.63, 3.8) is 0 Å². The van der Waals surface area contributed by atoms with Crippen molar-refractivity contribution in [1.29, 1.82) is 0 Å². The molecule has 0 saturated heterocycles. The number of carbonyl (C=O) groups is 1. The first-order chi connectivity index (χ1) is 3.72. The Morgan fingerprint density at radius 1 is 1.88 bits per heavy atom. The van der Waals surface area contributed by atoms with Crippen LogP contribution >= 0.6 is 0 Å². The molecule has 0 radical (unpaired) electrons. The molecule has 3 heteroatoms. The first-order valence-electron chi connectivity index (χ1n) is 2.36. The third-order valence-corrected chi connectivity index (χ3v) is 1.02. The van der Waals surface area contributed by atoms with Crippen LogP contribution in [0.4, 0.5) is 0 Å². The minimum absolute atomic E-state index is 0.264. The zero-order chi connectivity index (χ0) is 6.57. The van der Waals surface area contributed by atoms with Crippen LogP contribution in [0.1, 0.15) is 13.8 Å². The standard InChI is InChI=1S/C5H9NO2/c1-4(3-7)5(2)6-8/h3-4,8H,1-2H3. The molecule has 0 rings (SSSR count). The summed E-state index contributed by atoms with van der Waals surface area (Å²) in [5, 5.41) is 10.9. The Hall–Kier alpha value is -0.860. The van der Waals surface area contributed by atoms with Gasteiger partial charge in [-0.25, -0.2) is 0 Å². The Morgan fingerprint density at radius 2 is 2.38 bits per heavy atom. The maximum absolute atomic E-state index is 9.91. The zero-order valence-corrected chi connectivity index (χ0v) is 4.96. The van der Waals surface area contributed by atoms with Crippen LogP contribution in [0.25, 0.3) is 0 Å². The van der Waals surface area contributed by atoms with Crippen molar-refractivity contribution in [2.24, 2.45) is 11.1 Å². The molecule has 0 aliphatic carbocycles. The molecule has 0 aromatic rings. The van der Waals surface area contributed by atoms with Gasteiger partial charge in [-0.05, 0) is 6.92 Å². The summed E-state index contributed by atoms with van der Waals surface area (Å²) in [7, 11) is 0. The molecular weight excluding hydrogens is 106 g/mol. The fourth-order valence-electron chi connectivity index (χ4n) is 0.190. The zero-order valence-electron chi connectivity index (χ0n) is 4.96. The van der Waals surface area contributed by atoms with E-state index >= 15 is 0 Å². The topological polar surface area (TPSA) is 49.7 Å². The molecule has 0 amide bonds. The van der Waals surface area contributed by atoms with Gasteiger partial charge in [-0.2, -0.15) is 0 Å². The number of oxime groups is 1. The van der Waals surface area contributed by atoms with Crippen LogP contribution < -0.4 is 0 Å². The normalized spacial score (nSPS) is 15.5. The van der Waals surface area contributed by atoms with Crippen LogP contribution in [-0.2, 0) is 4.79 Å². The van der Waals surface area contributed by atoms with Crippen molar-refractivity contribution in [1.82, 2.24) is 0 Å². The quantitative estimate of drug-likeness (QED) is 0.249. The van der Waals surface area contributed by atoms with E-state index in [2.05, 4.69) is 5.16 Å². The Balaban J connectivity index is 3.81. The van der Waals surface area contributed by atoms with Gasteiger partial charge in [0.2, 0.25) is 0 Å². The first kappa shape index (κ1) is 7.14. The van der Waals surface area contributed by atoms with Crippen LogP contribution in [-0.4, -0.2) is 17.2 Å². The maximum atomic E-state index is 9.91. The van der Waals surface area contributed by atoms with Crippen molar-refractivity contribution in [2.45, 2.75) is 13.8 Å². The van der Waals surface area contributed by atoms with E-state index in [-0.39, 0.29) is 5.92 Å². The summed E-state index contributed by atoms with van der Waals surface area (Å²) in [6, 6.07) is 0. The minimum atomic E-state index is -0.264. The second-order valence-electron chi connectivity index (χ2n) is 1.67. The highest BCUT2D eigenvalue weighted by molar-refractivity contribution is 5.94. The van der Waals surface area contributed by atoms with Crippen LogP contribution in [0, 0.1) is 5.92 Å². The summed E-state index contributed by atoms with van der Waals surface area (Å²) in [5.41, 5.74) is 0.444. The van der Waals surface area contributed by atoms with Gasteiger partial charge in [-0.15, -0.1) is 0 Å². The fourth-order valence-corrected chi connectivity index (χ4v) is 0.190. The van der Waals surface area contributed by atoms with Gasteiger partial charge in [0.15, 0.2) is 0 Å². The van der Waals surface area contributed by atoms with Crippen molar-refractivity contribution >= 4 is 12.0 Å². The number of carbonyl (C=O) groups excluding carboxylic acids is 1. The molecule has 0 aliphatic heterocycles. The highest BCUT2D eigenvalue weighted by Crippen LogP contribution is 1.91. The van der Waals surface area contributed by atoms with Crippen LogP contribution in [0.15, 0.2) is 5.16 Å². The van der Waals surface area contributed by atoms with Gasteiger partial charge in [0.05, 0.1) is 11.6 Å². The number of rotatable bonds is 2. The fraction of sp³-hybridized carbons (Fsp3) is 0.600. The van der Waals surface area contributed by atoms with Gasteiger partial charge < -0.3 is 10.0 Å². The van der Waals surface area contributed by atoms with Gasteiger partial charge >= 0.3 is 0 Å². The van der Waals surface area contributed by atoms with E-state index in [1.165, 1.54) is 0 Å². The highest BCUT2D eigenvalue weighted by atomic mass is 16.4. The monoisotopic (exact) mass is 115 g/mol. The molecule has 1 atom stereocenters. The van der Waals surface area contributed by atoms with Crippen LogP contribution in [0.5, 0.6) is 0 Å². The van der Waals surface area contributed by atoms with Gasteiger partial charge in [-0.3, -0.25) is 0 Å². The smallest absolute Gasteiger partial charge is 0.128 e. The number of hydrogen-bond donors (Lipinski definition) is 1. The van der Waals surface area contributed by atoms with Crippen molar-refractivity contribution in [3.8, 4) is 0 Å². The van der Waals surface area contributed by atoms with Crippen molar-refractivity contribution < 1.29 is 10.0 Å². The summed E-state index contributed by atoms with van der Waals surface area (Å²) < 4.78 is 0. The summed E-state index contributed by atoms with van der Waals surface area (Å²) >= 11 is 0. The number of hydrogen-bond acceptors (Lipinski definition) is 3. The summed E-state index contributed by atoms with van der Waals surface area (Å²) in [6.45, 7) is 3.26. The van der Waals surface area contributed by atoms with E-state index in [0.717, 1.165) is 6.29 Å². The molecule has 1 unspecified atom stereocenters. The third-order valence-electron chi connectivity index (χ3n) is 1.02. The average molecular weight is 115 g/mol. The predicted octanol–water partition coefficient (Wildman–Crippen LogP) is 0.671. The van der Waals surface area contributed by atoms with Crippen LogP contribution in [0.2, 0.25) is 0 Å². The largest absolute Gasteiger partial charge is 0.411 e. The third kappa shape index (κ3) is 1.73. The molecular formula is C5H9NO2. The molecule has 0 aliphatic rings. The van der Waals surface area contributed by atoms with Gasteiger partial charge in [0, 0.05) is 0 Å². The lowest BCUT2D eigenvalue weighted by molar-refractivity contribution is -0.109. The Labute approximate surface area is 48.0 Å². The Morgan fingerprint density at radius 3 is 2.50 bits per heavy atom. The van der Waals surface area contributed by atoms with Crippen molar-refractivity contribution in [3.05, 3.63) is 0 Å². The van der Waals surface area contributed by atoms with Gasteiger partial charge in [0.25, 0.3) is 0 Å². The van der Waals surface area contributed by atoms with E-state index in [9.17, 15) is 4.79 Å². The van der Waals surface area contributed by atoms with Gasteiger partial charge in [0.1, 0.15) is 6.29 Å². The molecule has 0 aromatic heterocycles. The van der Waals surface area contributed by atoms with E-state index in [4.69, 9.17) is 5.21 Å². The van der Waals surface area contributed by atoms with Crippen LogP contribution in [0.3, 0.4) is 0 Å². The van der Waals surface area contributed by atoms with E-state index in [1.807, 2.05) is 0 Å². The number of aldehydes is 1. The lowest BCUT2D eigenvalue weighted by Crippen LogP contribution is -2.07. The molecule has 46 valence electrons. The molecule has 0 heterocycles. The van der Waals surface area contributed by atoms with E-state index in [0.29, 0.717) is 5.71 Å². The average Bonchev–Trinajstić information content (AvgIpc) is 1.84. The highest BCUT2D eigenvalue weighted by Gasteiger charge is 2.01. The summed E-state index contributed by atoms with van der Waals surface area (Å²) in [6.07, 6.45) is 0.731. The number of nitrogens with zero attached hydrogens (tertiary/aromatic N) is 1. The second-order valence-corrected chi connectivity index (χ2v) is 1.67. The molecule has 0 spiro atoms. The first-order valence-corrected chi connectivity index (χ1v) is 2.36. The Kier molecular flexibility index (Phi) is 2.84. The molecule has 0 saturated carbocycles. The molecule has 0 fully saturated rings. The second kappa shape index (κ2) is 3.18. The lowest BCUT2D eigenvalue weighted by atomic mass is 10.1. The Bertz CT molecular complexity index is 109. The van der Waals surface area contributed by atoms with E-state index in [1.54, 1.807) is 13.8 Å².